The van der Waals surface area contributed by atoms with E-state index in [0.717, 1.165) is 0 Å². The second kappa shape index (κ2) is 9.63. The maximum Gasteiger partial charge on any atom is 0.412 e. The fourth-order valence-electron chi connectivity index (χ4n) is 1.70. The molecule has 0 spiro atoms. The van der Waals surface area contributed by atoms with Crippen molar-refractivity contribution < 1.29 is 28.6 Å². The smallest absolute Gasteiger partial charge is 0.412 e. The van der Waals surface area contributed by atoms with Crippen LogP contribution in [0.3, 0.4) is 0 Å². The first-order valence-electron chi connectivity index (χ1n) is 7.74. The van der Waals surface area contributed by atoms with Gasteiger partial charge in [-0.25, -0.2) is 9.59 Å². The highest BCUT2D eigenvalue weighted by atomic mass is 16.6. The number of methoxy groups -OCH3 is 1. The zero-order chi connectivity index (χ0) is 18.9. The van der Waals surface area contributed by atoms with Crippen LogP contribution in [0.2, 0.25) is 0 Å². The van der Waals surface area contributed by atoms with Crippen molar-refractivity contribution in [1.82, 2.24) is 5.32 Å². The second-order valence-electron chi connectivity index (χ2n) is 6.13. The molecule has 25 heavy (non-hydrogen) atoms. The van der Waals surface area contributed by atoms with Gasteiger partial charge in [0.15, 0.2) is 6.61 Å². The number of hydrogen-bond acceptors (Lipinski definition) is 6. The van der Waals surface area contributed by atoms with Crippen LogP contribution >= 0.6 is 0 Å². The highest BCUT2D eigenvalue weighted by Crippen LogP contribution is 2.14. The highest BCUT2D eigenvalue weighted by molar-refractivity contribution is 5.93. The molecule has 0 fully saturated rings. The maximum atomic E-state index is 12.0. The number of amides is 2. The minimum atomic E-state index is -0.672. The van der Waals surface area contributed by atoms with E-state index in [1.807, 2.05) is 0 Å². The lowest BCUT2D eigenvalue weighted by Gasteiger charge is -2.19. The Bertz CT molecular complexity index is 609. The number of anilines is 1. The normalized spacial score (nSPS) is 10.7. The number of benzene rings is 1. The molecule has 0 aliphatic heterocycles. The fourth-order valence-corrected chi connectivity index (χ4v) is 1.70. The van der Waals surface area contributed by atoms with Crippen molar-refractivity contribution in [2.75, 3.05) is 32.2 Å². The summed E-state index contributed by atoms with van der Waals surface area (Å²) >= 11 is 0. The van der Waals surface area contributed by atoms with E-state index in [1.165, 1.54) is 19.2 Å². The van der Waals surface area contributed by atoms with Crippen LogP contribution in [0, 0.1) is 0 Å². The van der Waals surface area contributed by atoms with Crippen LogP contribution in [-0.2, 0) is 19.0 Å². The van der Waals surface area contributed by atoms with E-state index < -0.39 is 30.2 Å². The predicted octanol–water partition coefficient (Wildman–Crippen LogP) is 1.95. The standard InChI is InChI=1S/C17H24N2O6/c1-17(2,3)25-16(22)19-13-7-5-6-12(10-13)15(21)24-11-14(20)18-8-9-23-4/h5-7,10H,8-9,11H2,1-4H3,(H,18,20)(H,19,22). The van der Waals surface area contributed by atoms with E-state index in [9.17, 15) is 14.4 Å². The van der Waals surface area contributed by atoms with Gasteiger partial charge in [0, 0.05) is 19.3 Å². The van der Waals surface area contributed by atoms with Crippen molar-refractivity contribution >= 4 is 23.7 Å². The Morgan fingerprint density at radius 3 is 2.52 bits per heavy atom. The highest BCUT2D eigenvalue weighted by Gasteiger charge is 2.17. The molecule has 1 aromatic rings. The summed E-state index contributed by atoms with van der Waals surface area (Å²) in [6.45, 7) is 5.56. The molecule has 8 heteroatoms. The second-order valence-corrected chi connectivity index (χ2v) is 6.13. The summed E-state index contributed by atoms with van der Waals surface area (Å²) in [4.78, 5) is 35.2. The lowest BCUT2D eigenvalue weighted by atomic mass is 10.2. The van der Waals surface area contributed by atoms with Crippen LogP contribution in [0.1, 0.15) is 31.1 Å². The molecule has 0 unspecified atom stereocenters. The van der Waals surface area contributed by atoms with Gasteiger partial charge in [-0.05, 0) is 39.0 Å². The third kappa shape index (κ3) is 8.71. The summed E-state index contributed by atoms with van der Waals surface area (Å²) in [5.74, 6) is -1.09. The molecule has 0 heterocycles. The Labute approximate surface area is 146 Å². The average Bonchev–Trinajstić information content (AvgIpc) is 2.51. The molecular formula is C17H24N2O6. The number of esters is 1. The van der Waals surface area contributed by atoms with Crippen LogP contribution in [0.25, 0.3) is 0 Å². The Kier molecular flexibility index (Phi) is 7.87. The molecule has 1 aromatic carbocycles. The quantitative estimate of drug-likeness (QED) is 0.574. The van der Waals surface area contributed by atoms with Crippen molar-refractivity contribution in [3.63, 3.8) is 0 Å². The zero-order valence-corrected chi connectivity index (χ0v) is 14.9. The minimum Gasteiger partial charge on any atom is -0.452 e. The molecule has 1 rings (SSSR count). The van der Waals surface area contributed by atoms with Gasteiger partial charge in [0.2, 0.25) is 0 Å². The number of hydrogen-bond donors (Lipinski definition) is 2. The molecule has 0 aliphatic rings. The molecule has 2 amide bonds. The van der Waals surface area contributed by atoms with E-state index in [1.54, 1.807) is 32.9 Å². The summed E-state index contributed by atoms with van der Waals surface area (Å²) in [6.07, 6.45) is -0.629. The number of rotatable bonds is 7. The predicted molar refractivity (Wildman–Crippen MR) is 91.5 cm³/mol. The molecule has 0 bridgehead atoms. The van der Waals surface area contributed by atoms with Gasteiger partial charge in [0.25, 0.3) is 5.91 Å². The first kappa shape index (κ1) is 20.4. The molecule has 0 aromatic heterocycles. The third-order valence-corrected chi connectivity index (χ3v) is 2.71. The van der Waals surface area contributed by atoms with E-state index in [2.05, 4.69) is 10.6 Å². The Morgan fingerprint density at radius 2 is 1.88 bits per heavy atom. The van der Waals surface area contributed by atoms with Gasteiger partial charge in [-0.1, -0.05) is 6.07 Å². The Balaban J connectivity index is 2.54. The summed E-state index contributed by atoms with van der Waals surface area (Å²) in [5, 5.41) is 5.07. The van der Waals surface area contributed by atoms with E-state index in [0.29, 0.717) is 18.8 Å². The molecular weight excluding hydrogens is 328 g/mol. The summed E-state index contributed by atoms with van der Waals surface area (Å²) in [7, 11) is 1.52. The van der Waals surface area contributed by atoms with Gasteiger partial charge < -0.3 is 19.5 Å². The summed E-state index contributed by atoms with van der Waals surface area (Å²) < 4.78 is 14.9. The summed E-state index contributed by atoms with van der Waals surface area (Å²) in [6, 6.07) is 6.15. The fraction of sp³-hybridized carbons (Fsp3) is 0.471. The van der Waals surface area contributed by atoms with Crippen LogP contribution in [0.5, 0.6) is 0 Å². The number of carbonyl (C=O) groups is 3. The Morgan fingerprint density at radius 1 is 1.16 bits per heavy atom. The molecule has 8 nitrogen and oxygen atoms in total. The number of carbonyl (C=O) groups excluding carboxylic acids is 3. The van der Waals surface area contributed by atoms with Crippen molar-refractivity contribution in [2.45, 2.75) is 26.4 Å². The topological polar surface area (TPSA) is 103 Å². The van der Waals surface area contributed by atoms with Crippen molar-refractivity contribution in [1.29, 1.82) is 0 Å². The van der Waals surface area contributed by atoms with E-state index in [-0.39, 0.29) is 5.56 Å². The van der Waals surface area contributed by atoms with E-state index in [4.69, 9.17) is 14.2 Å². The molecule has 138 valence electrons. The lowest BCUT2D eigenvalue weighted by Crippen LogP contribution is -2.31. The molecule has 0 saturated heterocycles. The molecule has 0 saturated carbocycles. The van der Waals surface area contributed by atoms with Crippen LogP contribution in [0.15, 0.2) is 24.3 Å². The lowest BCUT2D eigenvalue weighted by molar-refractivity contribution is -0.124. The number of nitrogens with one attached hydrogen (secondary N) is 2. The van der Waals surface area contributed by atoms with Crippen LogP contribution in [-0.4, -0.2) is 50.4 Å². The summed E-state index contributed by atoms with van der Waals surface area (Å²) in [5.41, 5.74) is -0.0388. The van der Waals surface area contributed by atoms with Crippen LogP contribution in [0.4, 0.5) is 10.5 Å². The Hall–Kier alpha value is -2.61. The van der Waals surface area contributed by atoms with Crippen molar-refractivity contribution in [3.8, 4) is 0 Å². The van der Waals surface area contributed by atoms with Crippen LogP contribution < -0.4 is 10.6 Å². The SMILES string of the molecule is COCCNC(=O)COC(=O)c1cccc(NC(=O)OC(C)(C)C)c1. The monoisotopic (exact) mass is 352 g/mol. The van der Waals surface area contributed by atoms with Gasteiger partial charge >= 0.3 is 12.1 Å². The first-order chi connectivity index (χ1) is 11.7. The van der Waals surface area contributed by atoms with Gasteiger partial charge in [-0.3, -0.25) is 10.1 Å². The van der Waals surface area contributed by atoms with Gasteiger partial charge in [0.1, 0.15) is 5.60 Å². The number of ether oxygens (including phenoxy) is 3. The minimum absolute atomic E-state index is 0.207. The molecule has 2 N–H and O–H groups in total. The maximum absolute atomic E-state index is 12.0. The molecule has 0 radical (unpaired) electrons. The van der Waals surface area contributed by atoms with Crippen molar-refractivity contribution in [2.24, 2.45) is 0 Å². The van der Waals surface area contributed by atoms with Gasteiger partial charge in [0.05, 0.1) is 12.2 Å². The first-order valence-corrected chi connectivity index (χ1v) is 7.74. The van der Waals surface area contributed by atoms with Gasteiger partial charge in [-0.2, -0.15) is 0 Å². The molecule has 0 atom stereocenters. The van der Waals surface area contributed by atoms with E-state index >= 15 is 0 Å². The largest absolute Gasteiger partial charge is 0.452 e. The van der Waals surface area contributed by atoms with Crippen molar-refractivity contribution in [3.05, 3.63) is 29.8 Å². The zero-order valence-electron chi connectivity index (χ0n) is 14.9. The average molecular weight is 352 g/mol. The third-order valence-electron chi connectivity index (χ3n) is 2.71. The molecule has 0 aliphatic carbocycles. The van der Waals surface area contributed by atoms with Gasteiger partial charge in [-0.15, -0.1) is 0 Å².